The second-order valence-corrected chi connectivity index (χ2v) is 11.2. The van der Waals surface area contributed by atoms with E-state index in [-0.39, 0.29) is 0 Å². The van der Waals surface area contributed by atoms with E-state index in [1.807, 2.05) is 16.7 Å². The fraction of sp³-hybridized carbons (Fsp3) is 0.417. The molecular weight excluding hydrogens is 484 g/mol. The largest absolute Gasteiger partial charge is 0.491 e. The van der Waals surface area contributed by atoms with Crippen LogP contribution < -0.4 is 20.4 Å². The maximum Gasteiger partial charge on any atom is 0.281 e. The number of amides is 1. The van der Waals surface area contributed by atoms with Crippen LogP contribution in [0.4, 0.5) is 5.82 Å². The van der Waals surface area contributed by atoms with Crippen molar-refractivity contribution >= 4 is 33.2 Å². The first kappa shape index (κ1) is 24.5. The van der Waals surface area contributed by atoms with Crippen molar-refractivity contribution in [3.05, 3.63) is 47.8 Å². The van der Waals surface area contributed by atoms with Crippen molar-refractivity contribution in [1.29, 1.82) is 0 Å². The molecule has 5 rings (SSSR count). The van der Waals surface area contributed by atoms with E-state index < -0.39 is 16.5 Å². The van der Waals surface area contributed by atoms with Crippen molar-refractivity contribution in [2.45, 2.75) is 13.0 Å². The predicted octanol–water partition coefficient (Wildman–Crippen LogP) is 2.44. The van der Waals surface area contributed by atoms with Gasteiger partial charge in [-0.2, -0.15) is 15.6 Å². The van der Waals surface area contributed by atoms with E-state index in [1.165, 1.54) is 6.20 Å². The Morgan fingerprint density at radius 1 is 1.22 bits per heavy atom. The van der Waals surface area contributed by atoms with Gasteiger partial charge in [0.25, 0.3) is 5.91 Å². The number of methoxy groups -OCH3 is 1. The van der Waals surface area contributed by atoms with Crippen LogP contribution >= 0.6 is 10.6 Å². The molecule has 1 fully saturated rings. The number of fused-ring (bicyclic) bond motifs is 3. The molecule has 4 heterocycles. The first-order chi connectivity index (χ1) is 17.4. The minimum atomic E-state index is -2.39. The number of nitrogens with zero attached hydrogens (tertiary/aromatic N) is 5. The Morgan fingerprint density at radius 2 is 2.06 bits per heavy atom. The highest BCUT2D eigenvalue weighted by atomic mass is 32.3. The smallest absolute Gasteiger partial charge is 0.281 e. The summed E-state index contributed by atoms with van der Waals surface area (Å²) in [5.74, 6) is 2.34. The molecule has 3 aromatic rings. The van der Waals surface area contributed by atoms with Crippen LogP contribution in [-0.2, 0) is 6.54 Å². The highest BCUT2D eigenvalue weighted by Crippen LogP contribution is 2.40. The zero-order chi connectivity index (χ0) is 25.1. The number of carbonyl (C=O) groups is 1. The normalized spacial score (nSPS) is 18.5. The summed E-state index contributed by atoms with van der Waals surface area (Å²) in [6.07, 6.45) is 3.88. The Hall–Kier alpha value is -3.19. The molecule has 12 heteroatoms. The molecule has 0 radical (unpaired) electrons. The molecule has 11 nitrogen and oxygen atoms in total. The van der Waals surface area contributed by atoms with Crippen LogP contribution in [0.2, 0.25) is 0 Å². The fourth-order valence-electron chi connectivity index (χ4n) is 4.45. The summed E-state index contributed by atoms with van der Waals surface area (Å²) in [6.45, 7) is 4.01. The second-order valence-electron chi connectivity index (χ2n) is 8.74. The van der Waals surface area contributed by atoms with Crippen molar-refractivity contribution in [3.63, 3.8) is 0 Å². The zero-order valence-corrected chi connectivity index (χ0v) is 20.9. The van der Waals surface area contributed by atoms with E-state index in [9.17, 15) is 13.9 Å². The Labute approximate surface area is 210 Å². The molecule has 1 saturated heterocycles. The van der Waals surface area contributed by atoms with Gasteiger partial charge in [-0.05, 0) is 30.7 Å². The van der Waals surface area contributed by atoms with Crippen molar-refractivity contribution in [1.82, 2.24) is 19.4 Å². The van der Waals surface area contributed by atoms with Gasteiger partial charge in [-0.15, -0.1) is 0 Å². The van der Waals surface area contributed by atoms with Gasteiger partial charge < -0.3 is 19.7 Å². The average molecular weight is 515 g/mol. The molecule has 0 aliphatic carbocycles. The number of carbonyl (C=O) groups excluding carboxylic acids is 1. The lowest BCUT2D eigenvalue weighted by molar-refractivity contribution is 0.0996. The third-order valence-corrected chi connectivity index (χ3v) is 8.03. The molecule has 0 unspecified atom stereocenters. The number of pyridine rings is 1. The molecule has 1 amide bonds. The molecule has 192 valence electrons. The molecule has 2 aliphatic heterocycles. The fourth-order valence-corrected chi connectivity index (χ4v) is 5.75. The van der Waals surface area contributed by atoms with E-state index in [1.54, 1.807) is 25.4 Å². The minimum Gasteiger partial charge on any atom is -0.491 e. The van der Waals surface area contributed by atoms with Crippen LogP contribution in [-0.4, -0.2) is 85.8 Å². The van der Waals surface area contributed by atoms with Gasteiger partial charge in [0.2, 0.25) is 5.62 Å². The first-order valence-electron chi connectivity index (χ1n) is 11.9. The second kappa shape index (κ2) is 10.4. The molecule has 0 bridgehead atoms. The summed E-state index contributed by atoms with van der Waals surface area (Å²) in [5, 5.41) is 4.22. The molecule has 0 spiro atoms. The van der Waals surface area contributed by atoms with Crippen molar-refractivity contribution in [2.24, 2.45) is 4.99 Å². The zero-order valence-electron chi connectivity index (χ0n) is 20.1. The molecule has 1 aromatic carbocycles. The van der Waals surface area contributed by atoms with Gasteiger partial charge in [-0.1, -0.05) is 0 Å². The SMILES string of the molecule is COc1c(OCCCN2CCS(O)(O)CC2)ccc2c3n(c(=NC(=O)c4cccnc4)nc12)CCN3. The van der Waals surface area contributed by atoms with Crippen molar-refractivity contribution in [2.75, 3.05) is 56.7 Å². The highest BCUT2D eigenvalue weighted by molar-refractivity contribution is 8.24. The summed E-state index contributed by atoms with van der Waals surface area (Å²) in [6, 6.07) is 7.18. The Bertz CT molecular complexity index is 1320. The highest BCUT2D eigenvalue weighted by Gasteiger charge is 2.23. The van der Waals surface area contributed by atoms with E-state index in [0.29, 0.717) is 72.5 Å². The Balaban J connectivity index is 1.38. The van der Waals surface area contributed by atoms with E-state index in [0.717, 1.165) is 24.2 Å². The van der Waals surface area contributed by atoms with Crippen LogP contribution in [0.1, 0.15) is 16.8 Å². The summed E-state index contributed by atoms with van der Waals surface area (Å²) in [7, 11) is -0.815. The summed E-state index contributed by atoms with van der Waals surface area (Å²) >= 11 is 0. The van der Waals surface area contributed by atoms with Crippen LogP contribution in [0.3, 0.4) is 0 Å². The van der Waals surface area contributed by atoms with Gasteiger partial charge in [0.1, 0.15) is 11.3 Å². The lowest BCUT2D eigenvalue weighted by Crippen LogP contribution is -2.39. The summed E-state index contributed by atoms with van der Waals surface area (Å²) < 4.78 is 33.2. The number of hydrogen-bond acceptors (Lipinski definition) is 9. The third-order valence-electron chi connectivity index (χ3n) is 6.36. The number of ether oxygens (including phenoxy) is 2. The summed E-state index contributed by atoms with van der Waals surface area (Å²) in [5.41, 5.74) is 1.25. The van der Waals surface area contributed by atoms with Gasteiger partial charge in [0.15, 0.2) is 11.5 Å². The Kier molecular flexibility index (Phi) is 7.10. The van der Waals surface area contributed by atoms with E-state index in [4.69, 9.17) is 14.5 Å². The maximum absolute atomic E-state index is 12.7. The molecule has 0 atom stereocenters. The maximum atomic E-state index is 12.7. The van der Waals surface area contributed by atoms with Crippen LogP contribution in [0.25, 0.3) is 10.9 Å². The van der Waals surface area contributed by atoms with Crippen LogP contribution in [0, 0.1) is 0 Å². The predicted molar refractivity (Wildman–Crippen MR) is 138 cm³/mol. The van der Waals surface area contributed by atoms with Crippen LogP contribution in [0.15, 0.2) is 41.7 Å². The standard InChI is InChI=1S/C24H30N6O5S/c1-34-21-19(35-13-3-9-29-11-14-36(32,33)15-12-29)6-5-18-20(21)27-24(30-10-8-26-22(18)30)28-23(31)17-4-2-7-25-16-17/h2,4-7,16,26,32-33H,3,8-15H2,1H3. The van der Waals surface area contributed by atoms with Crippen LogP contribution in [0.5, 0.6) is 11.5 Å². The molecule has 2 aliphatic rings. The topological polar surface area (TPSA) is 134 Å². The molecule has 3 N–H and O–H groups in total. The molecule has 2 aromatic heterocycles. The summed E-state index contributed by atoms with van der Waals surface area (Å²) in [4.78, 5) is 28.0. The van der Waals surface area contributed by atoms with Crippen molar-refractivity contribution in [3.8, 4) is 11.5 Å². The Morgan fingerprint density at radius 3 is 2.81 bits per heavy atom. The van der Waals surface area contributed by atoms with E-state index in [2.05, 4.69) is 20.2 Å². The number of rotatable bonds is 7. The monoisotopic (exact) mass is 514 g/mol. The molecule has 36 heavy (non-hydrogen) atoms. The minimum absolute atomic E-state index is 0.294. The molecular formula is C24H30N6O5S. The van der Waals surface area contributed by atoms with Crippen molar-refractivity contribution < 1.29 is 23.4 Å². The first-order valence-corrected chi connectivity index (χ1v) is 13.8. The van der Waals surface area contributed by atoms with Gasteiger partial charge >= 0.3 is 0 Å². The van der Waals surface area contributed by atoms with Gasteiger partial charge in [-0.3, -0.25) is 23.5 Å². The van der Waals surface area contributed by atoms with E-state index >= 15 is 0 Å². The van der Waals surface area contributed by atoms with Gasteiger partial charge in [0, 0.05) is 50.5 Å². The number of anilines is 1. The van der Waals surface area contributed by atoms with Gasteiger partial charge in [-0.25, -0.2) is 4.98 Å². The number of aromatic nitrogens is 3. The molecule has 0 saturated carbocycles. The number of hydrogen-bond donors (Lipinski definition) is 3. The number of benzene rings is 1. The lowest BCUT2D eigenvalue weighted by atomic mass is 10.2. The average Bonchev–Trinajstić information content (AvgIpc) is 3.38. The lowest BCUT2D eigenvalue weighted by Gasteiger charge is -2.40. The third kappa shape index (κ3) is 5.16. The number of nitrogens with one attached hydrogen (secondary N) is 1. The quantitative estimate of drug-likeness (QED) is 0.406. The van der Waals surface area contributed by atoms with Gasteiger partial charge in [0.05, 0.1) is 30.8 Å².